The van der Waals surface area contributed by atoms with Gasteiger partial charge in [0.25, 0.3) is 0 Å². The second kappa shape index (κ2) is 21.6. The molecule has 300 valence electrons. The van der Waals surface area contributed by atoms with Gasteiger partial charge < -0.3 is 48.7 Å². The number of hydrogen-bond donors (Lipinski definition) is 9. The molecule has 1 aliphatic heterocycles. The molecule has 0 aliphatic carbocycles. The Balaban J connectivity index is 2.54. The maximum absolute atomic E-state index is 13.8. The van der Waals surface area contributed by atoms with E-state index in [1.165, 1.54) is 6.92 Å². The molecule has 1 aromatic rings. The Morgan fingerprint density at radius 2 is 1.30 bits per heavy atom. The largest absolute Gasteiger partial charge is 0.370 e. The standard InChI is InChI=1S/C37H59N9O8/c1-8-21(6)30(39)37(54)45-27(17-29(38)47)35(52)46-28-18-40-32(49)24(14-19(2)3)43-33(50)25(15-20(4)5)44-34(51)26(16-23-12-10-9-11-13-23)42-31(48)22(7)41-36(28)53/h9-13,19-22,24-28,30H,8,14-18,39H2,1-7H3,(H2,38,47)(H,40,49)(H,41,53)(H,42,48)(H,43,50)(H,44,51)(H,45,54)(H,46,52)/t21-,22-,24-,25-,26-,27-,28-,30-/m0/s1. The molecule has 2 rings (SSSR count). The summed E-state index contributed by atoms with van der Waals surface area (Å²) in [6.07, 6.45) is 0.403. The third-order valence-electron chi connectivity index (χ3n) is 9.06. The number of rotatable bonds is 14. The number of amides is 8. The Morgan fingerprint density at radius 3 is 1.83 bits per heavy atom. The van der Waals surface area contributed by atoms with Crippen LogP contribution in [0.25, 0.3) is 0 Å². The van der Waals surface area contributed by atoms with E-state index in [-0.39, 0.29) is 37.0 Å². The van der Waals surface area contributed by atoms with Gasteiger partial charge in [-0.2, -0.15) is 0 Å². The number of carbonyl (C=O) groups is 8. The molecule has 17 heteroatoms. The van der Waals surface area contributed by atoms with Gasteiger partial charge in [-0.05, 0) is 43.1 Å². The van der Waals surface area contributed by atoms with E-state index in [9.17, 15) is 38.4 Å². The quantitative estimate of drug-likeness (QED) is 0.108. The van der Waals surface area contributed by atoms with Crippen LogP contribution in [0.5, 0.6) is 0 Å². The van der Waals surface area contributed by atoms with Gasteiger partial charge in [0.1, 0.15) is 36.3 Å². The molecule has 11 N–H and O–H groups in total. The first-order chi connectivity index (χ1) is 25.3. The molecule has 0 unspecified atom stereocenters. The summed E-state index contributed by atoms with van der Waals surface area (Å²) in [5.41, 5.74) is 12.1. The summed E-state index contributed by atoms with van der Waals surface area (Å²) in [4.78, 5) is 107. The second-order valence-corrected chi connectivity index (χ2v) is 14.8. The van der Waals surface area contributed by atoms with E-state index in [1.54, 1.807) is 37.3 Å². The molecule has 8 atom stereocenters. The third kappa shape index (κ3) is 14.8. The van der Waals surface area contributed by atoms with Crippen molar-refractivity contribution in [2.75, 3.05) is 6.54 Å². The van der Waals surface area contributed by atoms with Gasteiger partial charge in [0.15, 0.2) is 0 Å². The van der Waals surface area contributed by atoms with Gasteiger partial charge >= 0.3 is 0 Å². The van der Waals surface area contributed by atoms with Crippen molar-refractivity contribution >= 4 is 47.3 Å². The fraction of sp³-hybridized carbons (Fsp3) is 0.622. The molecule has 0 aromatic heterocycles. The Hall–Kier alpha value is -5.06. The number of hydrogen-bond acceptors (Lipinski definition) is 9. The van der Waals surface area contributed by atoms with Gasteiger partial charge in [-0.1, -0.05) is 78.3 Å². The molecule has 0 saturated carbocycles. The number of nitrogens with two attached hydrogens (primary N) is 2. The smallest absolute Gasteiger partial charge is 0.245 e. The van der Waals surface area contributed by atoms with Crippen LogP contribution in [0.4, 0.5) is 0 Å². The van der Waals surface area contributed by atoms with Gasteiger partial charge in [0, 0.05) is 13.0 Å². The Bertz CT molecular complexity index is 1490. The Kier molecular flexibility index (Phi) is 18.0. The van der Waals surface area contributed by atoms with Crippen LogP contribution in [-0.2, 0) is 44.8 Å². The van der Waals surface area contributed by atoms with Crippen LogP contribution in [0.2, 0.25) is 0 Å². The molecule has 0 bridgehead atoms. The maximum atomic E-state index is 13.8. The Morgan fingerprint density at radius 1 is 0.759 bits per heavy atom. The first kappa shape index (κ1) is 45.1. The molecule has 0 spiro atoms. The van der Waals surface area contributed by atoms with E-state index in [4.69, 9.17) is 11.5 Å². The highest BCUT2D eigenvalue weighted by atomic mass is 16.2. The van der Waals surface area contributed by atoms with Gasteiger partial charge in [0.2, 0.25) is 47.3 Å². The first-order valence-corrected chi connectivity index (χ1v) is 18.5. The summed E-state index contributed by atoms with van der Waals surface area (Å²) in [7, 11) is 0. The molecule has 1 aliphatic rings. The van der Waals surface area contributed by atoms with Crippen molar-refractivity contribution in [3.05, 3.63) is 35.9 Å². The van der Waals surface area contributed by atoms with E-state index in [1.807, 2.05) is 34.6 Å². The van der Waals surface area contributed by atoms with Crippen LogP contribution in [0.3, 0.4) is 0 Å². The van der Waals surface area contributed by atoms with E-state index in [0.717, 1.165) is 0 Å². The van der Waals surface area contributed by atoms with Crippen LogP contribution >= 0.6 is 0 Å². The normalized spacial score (nSPS) is 23.5. The summed E-state index contributed by atoms with van der Waals surface area (Å²) in [6, 6.07) is 0.224. The maximum Gasteiger partial charge on any atom is 0.245 e. The van der Waals surface area contributed by atoms with Crippen molar-refractivity contribution in [2.45, 2.75) is 123 Å². The topological polar surface area (TPSA) is 273 Å². The molecule has 1 aromatic carbocycles. The summed E-state index contributed by atoms with van der Waals surface area (Å²) in [5.74, 6) is -6.62. The second-order valence-electron chi connectivity index (χ2n) is 14.8. The zero-order valence-electron chi connectivity index (χ0n) is 32.3. The van der Waals surface area contributed by atoms with Crippen LogP contribution in [0.15, 0.2) is 30.3 Å². The number of benzene rings is 1. The average Bonchev–Trinajstić information content (AvgIpc) is 3.10. The van der Waals surface area contributed by atoms with Gasteiger partial charge in [-0.3, -0.25) is 38.4 Å². The predicted octanol–water partition coefficient (Wildman–Crippen LogP) is -1.37. The van der Waals surface area contributed by atoms with Crippen LogP contribution < -0.4 is 48.7 Å². The highest BCUT2D eigenvalue weighted by Gasteiger charge is 2.35. The third-order valence-corrected chi connectivity index (χ3v) is 9.06. The number of primary amides is 1. The molecule has 0 radical (unpaired) electrons. The minimum absolute atomic E-state index is 0.0419. The van der Waals surface area contributed by atoms with E-state index < -0.39 is 103 Å². The molecule has 1 fully saturated rings. The lowest BCUT2D eigenvalue weighted by Crippen LogP contribution is -2.63. The molecule has 1 saturated heterocycles. The number of nitrogens with one attached hydrogen (secondary N) is 7. The summed E-state index contributed by atoms with van der Waals surface area (Å²) in [5, 5.41) is 18.2. The molecule has 1 heterocycles. The molecule has 17 nitrogen and oxygen atoms in total. The minimum Gasteiger partial charge on any atom is -0.370 e. The van der Waals surface area contributed by atoms with Crippen molar-refractivity contribution in [1.29, 1.82) is 0 Å². The SMILES string of the molecule is CC[C@H](C)[C@H](N)C(=O)N[C@@H](CC(N)=O)C(=O)N[C@H]1CNC(=O)[C@H](CC(C)C)NC(=O)[C@H](CC(C)C)NC(=O)[C@H](Cc2ccccc2)NC(=O)[C@H](C)NC1=O. The number of carbonyl (C=O) groups excluding carboxylic acids is 8. The van der Waals surface area contributed by atoms with Crippen LogP contribution in [0.1, 0.15) is 79.7 Å². The van der Waals surface area contributed by atoms with E-state index in [2.05, 4.69) is 37.2 Å². The van der Waals surface area contributed by atoms with Crippen molar-refractivity contribution in [3.8, 4) is 0 Å². The fourth-order valence-electron chi connectivity index (χ4n) is 5.68. The zero-order valence-corrected chi connectivity index (χ0v) is 32.3. The molecular formula is C37H59N9O8. The van der Waals surface area contributed by atoms with E-state index >= 15 is 0 Å². The van der Waals surface area contributed by atoms with Crippen LogP contribution in [0, 0.1) is 17.8 Å². The lowest BCUT2D eigenvalue weighted by atomic mass is 9.98. The first-order valence-electron chi connectivity index (χ1n) is 18.5. The van der Waals surface area contributed by atoms with Gasteiger partial charge in [0.05, 0.1) is 12.5 Å². The molecule has 54 heavy (non-hydrogen) atoms. The molecular weight excluding hydrogens is 698 g/mol. The predicted molar refractivity (Wildman–Crippen MR) is 201 cm³/mol. The van der Waals surface area contributed by atoms with E-state index in [0.29, 0.717) is 12.0 Å². The highest BCUT2D eigenvalue weighted by molar-refractivity contribution is 5.98. The minimum atomic E-state index is -1.55. The summed E-state index contributed by atoms with van der Waals surface area (Å²) < 4.78 is 0. The van der Waals surface area contributed by atoms with Crippen LogP contribution in [-0.4, -0.2) is 96.1 Å². The monoisotopic (exact) mass is 757 g/mol. The van der Waals surface area contributed by atoms with Gasteiger partial charge in [-0.15, -0.1) is 0 Å². The van der Waals surface area contributed by atoms with Crippen molar-refractivity contribution in [2.24, 2.45) is 29.2 Å². The average molecular weight is 758 g/mol. The Labute approximate surface area is 317 Å². The summed E-state index contributed by atoms with van der Waals surface area (Å²) >= 11 is 0. The lowest BCUT2D eigenvalue weighted by Gasteiger charge is -2.29. The van der Waals surface area contributed by atoms with Crippen molar-refractivity contribution in [3.63, 3.8) is 0 Å². The van der Waals surface area contributed by atoms with Crippen molar-refractivity contribution in [1.82, 2.24) is 37.2 Å². The zero-order chi connectivity index (χ0) is 40.7. The highest BCUT2D eigenvalue weighted by Crippen LogP contribution is 2.12. The summed E-state index contributed by atoms with van der Waals surface area (Å²) in [6.45, 7) is 11.9. The van der Waals surface area contributed by atoms with Crippen molar-refractivity contribution < 1.29 is 38.4 Å². The lowest BCUT2D eigenvalue weighted by molar-refractivity contribution is -0.136. The molecule has 8 amide bonds. The fourth-order valence-corrected chi connectivity index (χ4v) is 5.68. The van der Waals surface area contributed by atoms with Gasteiger partial charge in [-0.25, -0.2) is 0 Å².